The van der Waals surface area contributed by atoms with Crippen LogP contribution in [0.1, 0.15) is 17.3 Å². The molecule has 0 aromatic heterocycles. The summed E-state index contributed by atoms with van der Waals surface area (Å²) >= 11 is 0. The predicted octanol–water partition coefficient (Wildman–Crippen LogP) is 5.86. The van der Waals surface area contributed by atoms with Gasteiger partial charge in [-0.1, -0.05) is 60.7 Å². The fraction of sp³-hybridized carbons (Fsp3) is 0.0455. The molecule has 0 N–H and O–H groups in total. The largest absolute Gasteiger partial charge is 0.295 e. The third kappa shape index (κ3) is 2.40. The number of benzene rings is 4. The highest BCUT2D eigenvalue weighted by Crippen LogP contribution is 2.32. The number of Topliss-reactive ketones (excluding diaryl/α,β-unsaturated/α-hetero) is 1. The van der Waals surface area contributed by atoms with Gasteiger partial charge in [0.1, 0.15) is 0 Å². The van der Waals surface area contributed by atoms with E-state index in [1.807, 2.05) is 18.2 Å². The Hall–Kier alpha value is -2.93. The van der Waals surface area contributed by atoms with Crippen molar-refractivity contribution in [3.05, 3.63) is 84.4 Å². The van der Waals surface area contributed by atoms with Crippen LogP contribution < -0.4 is 0 Å². The number of hydrogen-bond acceptors (Lipinski definition) is 1. The van der Waals surface area contributed by atoms with Gasteiger partial charge in [-0.25, -0.2) is 0 Å². The first-order valence-corrected chi connectivity index (χ1v) is 7.75. The van der Waals surface area contributed by atoms with Crippen molar-refractivity contribution < 1.29 is 4.79 Å². The Morgan fingerprint density at radius 1 is 0.696 bits per heavy atom. The van der Waals surface area contributed by atoms with Crippen molar-refractivity contribution >= 4 is 27.3 Å². The predicted molar refractivity (Wildman–Crippen MR) is 96.9 cm³/mol. The first kappa shape index (κ1) is 13.7. The van der Waals surface area contributed by atoms with Gasteiger partial charge in [0, 0.05) is 5.56 Å². The molecule has 0 aliphatic rings. The second-order valence-corrected chi connectivity index (χ2v) is 5.86. The molecule has 0 fully saturated rings. The van der Waals surface area contributed by atoms with Crippen LogP contribution in [0.4, 0.5) is 0 Å². The van der Waals surface area contributed by atoms with E-state index in [9.17, 15) is 4.79 Å². The summed E-state index contributed by atoms with van der Waals surface area (Å²) in [5.74, 6) is 0.0949. The maximum absolute atomic E-state index is 11.7. The van der Waals surface area contributed by atoms with Crippen molar-refractivity contribution in [1.29, 1.82) is 0 Å². The lowest BCUT2D eigenvalue weighted by Gasteiger charge is -2.09. The van der Waals surface area contributed by atoms with E-state index in [0.29, 0.717) is 0 Å². The van der Waals surface area contributed by atoms with E-state index in [1.54, 1.807) is 6.92 Å². The van der Waals surface area contributed by atoms with Crippen molar-refractivity contribution in [2.45, 2.75) is 6.92 Å². The van der Waals surface area contributed by atoms with Crippen molar-refractivity contribution in [1.82, 2.24) is 0 Å². The van der Waals surface area contributed by atoms with E-state index in [1.165, 1.54) is 21.5 Å². The molecule has 0 radical (unpaired) electrons. The number of ketones is 1. The van der Waals surface area contributed by atoms with Crippen LogP contribution in [0.15, 0.2) is 78.9 Å². The SMILES string of the molecule is CC(=O)c1cccc(-c2cccc3cc4ccccc4cc23)c1. The summed E-state index contributed by atoms with van der Waals surface area (Å²) < 4.78 is 0. The molecular formula is C22H16O. The number of hydrogen-bond donors (Lipinski definition) is 0. The van der Waals surface area contributed by atoms with Crippen LogP contribution in [0, 0.1) is 0 Å². The van der Waals surface area contributed by atoms with Crippen LogP contribution in [0.5, 0.6) is 0 Å². The zero-order chi connectivity index (χ0) is 15.8. The Balaban J connectivity index is 2.01. The lowest BCUT2D eigenvalue weighted by molar-refractivity contribution is 0.101. The quantitative estimate of drug-likeness (QED) is 0.334. The molecule has 0 aliphatic carbocycles. The molecule has 1 nitrogen and oxygen atoms in total. The summed E-state index contributed by atoms with van der Waals surface area (Å²) in [5, 5.41) is 4.91. The fourth-order valence-electron chi connectivity index (χ4n) is 3.12. The average Bonchev–Trinajstić information content (AvgIpc) is 2.59. The highest BCUT2D eigenvalue weighted by Gasteiger charge is 2.07. The maximum atomic E-state index is 11.7. The van der Waals surface area contributed by atoms with Crippen LogP contribution in [-0.4, -0.2) is 5.78 Å². The van der Waals surface area contributed by atoms with E-state index < -0.39 is 0 Å². The molecule has 0 amide bonds. The molecule has 4 aromatic rings. The Labute approximate surface area is 135 Å². The Morgan fingerprint density at radius 3 is 2.17 bits per heavy atom. The van der Waals surface area contributed by atoms with Gasteiger partial charge in [0.25, 0.3) is 0 Å². The van der Waals surface area contributed by atoms with Gasteiger partial charge in [0.15, 0.2) is 5.78 Å². The number of carbonyl (C=O) groups is 1. The van der Waals surface area contributed by atoms with Gasteiger partial charge >= 0.3 is 0 Å². The molecule has 0 saturated carbocycles. The molecule has 0 atom stereocenters. The van der Waals surface area contributed by atoms with Gasteiger partial charge in [-0.05, 0) is 57.8 Å². The van der Waals surface area contributed by atoms with Gasteiger partial charge in [-0.15, -0.1) is 0 Å². The Kier molecular flexibility index (Phi) is 3.20. The van der Waals surface area contributed by atoms with Gasteiger partial charge < -0.3 is 0 Å². The maximum Gasteiger partial charge on any atom is 0.159 e. The van der Waals surface area contributed by atoms with E-state index in [2.05, 4.69) is 60.7 Å². The van der Waals surface area contributed by atoms with Crippen LogP contribution in [-0.2, 0) is 0 Å². The number of fused-ring (bicyclic) bond motifs is 2. The van der Waals surface area contributed by atoms with Gasteiger partial charge in [0.2, 0.25) is 0 Å². The summed E-state index contributed by atoms with van der Waals surface area (Å²) in [5.41, 5.74) is 3.00. The standard InChI is InChI=1S/C22H16O/c1-15(23)16-8-4-9-19(12-16)21-11-5-10-20-13-17-6-2-3-7-18(17)14-22(20)21/h2-14H,1H3. The molecule has 0 unspecified atom stereocenters. The molecule has 0 bridgehead atoms. The Morgan fingerprint density at radius 2 is 1.39 bits per heavy atom. The lowest BCUT2D eigenvalue weighted by atomic mass is 9.94. The normalized spacial score (nSPS) is 11.0. The number of carbonyl (C=O) groups excluding carboxylic acids is 1. The lowest BCUT2D eigenvalue weighted by Crippen LogP contribution is -1.92. The Bertz CT molecular complexity index is 1040. The summed E-state index contributed by atoms with van der Waals surface area (Å²) in [6.07, 6.45) is 0. The van der Waals surface area contributed by atoms with Gasteiger partial charge in [0.05, 0.1) is 0 Å². The molecule has 0 aliphatic heterocycles. The molecule has 110 valence electrons. The topological polar surface area (TPSA) is 17.1 Å². The second-order valence-electron chi connectivity index (χ2n) is 5.86. The van der Waals surface area contributed by atoms with Crippen LogP contribution in [0.25, 0.3) is 32.7 Å². The van der Waals surface area contributed by atoms with Crippen LogP contribution in [0.2, 0.25) is 0 Å². The molecule has 4 aromatic carbocycles. The monoisotopic (exact) mass is 296 g/mol. The summed E-state index contributed by atoms with van der Waals surface area (Å²) in [7, 11) is 0. The second kappa shape index (κ2) is 5.36. The fourth-order valence-corrected chi connectivity index (χ4v) is 3.12. The van der Waals surface area contributed by atoms with E-state index in [4.69, 9.17) is 0 Å². The minimum atomic E-state index is 0.0949. The van der Waals surface area contributed by atoms with Crippen molar-refractivity contribution in [2.24, 2.45) is 0 Å². The van der Waals surface area contributed by atoms with Gasteiger partial charge in [-0.3, -0.25) is 4.79 Å². The molecular weight excluding hydrogens is 280 g/mol. The zero-order valence-electron chi connectivity index (χ0n) is 12.9. The highest BCUT2D eigenvalue weighted by atomic mass is 16.1. The third-order valence-corrected chi connectivity index (χ3v) is 4.33. The average molecular weight is 296 g/mol. The summed E-state index contributed by atoms with van der Waals surface area (Å²) in [6, 6.07) is 27.1. The first-order chi connectivity index (χ1) is 11.2. The van der Waals surface area contributed by atoms with Crippen molar-refractivity contribution in [3.63, 3.8) is 0 Å². The van der Waals surface area contributed by atoms with Crippen molar-refractivity contribution in [3.8, 4) is 11.1 Å². The molecule has 4 rings (SSSR count). The van der Waals surface area contributed by atoms with Gasteiger partial charge in [-0.2, -0.15) is 0 Å². The minimum Gasteiger partial charge on any atom is -0.295 e. The van der Waals surface area contributed by atoms with E-state index in [-0.39, 0.29) is 5.78 Å². The van der Waals surface area contributed by atoms with Crippen molar-refractivity contribution in [2.75, 3.05) is 0 Å². The molecule has 23 heavy (non-hydrogen) atoms. The summed E-state index contributed by atoms with van der Waals surface area (Å²) in [4.78, 5) is 11.7. The van der Waals surface area contributed by atoms with E-state index >= 15 is 0 Å². The molecule has 0 saturated heterocycles. The summed E-state index contributed by atoms with van der Waals surface area (Å²) in [6.45, 7) is 1.61. The van der Waals surface area contributed by atoms with E-state index in [0.717, 1.165) is 16.7 Å². The molecule has 1 heteroatoms. The third-order valence-electron chi connectivity index (χ3n) is 4.33. The van der Waals surface area contributed by atoms with Crippen LogP contribution in [0.3, 0.4) is 0 Å². The number of rotatable bonds is 2. The zero-order valence-corrected chi connectivity index (χ0v) is 12.9. The highest BCUT2D eigenvalue weighted by molar-refractivity contribution is 6.05. The minimum absolute atomic E-state index is 0.0949. The molecule has 0 heterocycles. The van der Waals surface area contributed by atoms with Crippen LogP contribution >= 0.6 is 0 Å². The first-order valence-electron chi connectivity index (χ1n) is 7.75. The smallest absolute Gasteiger partial charge is 0.159 e. The molecule has 0 spiro atoms.